The molecule has 0 amide bonds. The summed E-state index contributed by atoms with van der Waals surface area (Å²) in [4.78, 5) is 0. The Kier molecular flexibility index (Phi) is 0.856. The third-order valence-corrected chi connectivity index (χ3v) is 4.43. The molecule has 0 N–H and O–H groups in total. The van der Waals surface area contributed by atoms with Gasteiger partial charge in [-0.25, -0.2) is 0 Å². The molecule has 62 valence electrons. The quantitative estimate of drug-likeness (QED) is 0.475. The van der Waals surface area contributed by atoms with Gasteiger partial charge in [0.05, 0.1) is 0 Å². The highest BCUT2D eigenvalue weighted by Crippen LogP contribution is 2.67. The van der Waals surface area contributed by atoms with E-state index in [9.17, 15) is 0 Å². The Morgan fingerprint density at radius 1 is 0.833 bits per heavy atom. The first-order valence-electron chi connectivity index (χ1n) is 5.32. The van der Waals surface area contributed by atoms with E-state index in [1.165, 1.54) is 25.7 Å². The predicted octanol–water partition coefficient (Wildman–Crippen LogP) is 2.92. The highest BCUT2D eigenvalue weighted by molar-refractivity contribution is 5.45. The molecule has 0 aromatic rings. The van der Waals surface area contributed by atoms with Gasteiger partial charge in [0.25, 0.3) is 0 Å². The van der Waals surface area contributed by atoms with Gasteiger partial charge < -0.3 is 0 Å². The maximum atomic E-state index is 2.42. The average Bonchev–Trinajstić information content (AvgIpc) is 2.98. The Hall–Kier alpha value is -0.520. The van der Waals surface area contributed by atoms with E-state index in [1.807, 2.05) is 11.1 Å². The molecule has 4 aliphatic rings. The topological polar surface area (TPSA) is 0 Å². The molecule has 0 radical (unpaired) electrons. The van der Waals surface area contributed by atoms with Crippen LogP contribution in [0.15, 0.2) is 23.3 Å². The van der Waals surface area contributed by atoms with Crippen LogP contribution in [0.25, 0.3) is 0 Å². The molecule has 0 heteroatoms. The van der Waals surface area contributed by atoms with Crippen molar-refractivity contribution in [2.75, 3.05) is 0 Å². The number of rotatable bonds is 0. The van der Waals surface area contributed by atoms with E-state index < -0.39 is 0 Å². The predicted molar refractivity (Wildman–Crippen MR) is 48.6 cm³/mol. The van der Waals surface area contributed by atoms with Gasteiger partial charge in [0, 0.05) is 0 Å². The third-order valence-electron chi connectivity index (χ3n) is 4.43. The van der Waals surface area contributed by atoms with Crippen LogP contribution < -0.4 is 0 Å². The Morgan fingerprint density at radius 3 is 1.83 bits per heavy atom. The highest BCUT2D eigenvalue weighted by atomic mass is 14.6. The first-order chi connectivity index (χ1) is 5.95. The normalized spacial score (nSPS) is 52.7. The number of hydrogen-bond donors (Lipinski definition) is 0. The second-order valence-electron chi connectivity index (χ2n) is 4.94. The van der Waals surface area contributed by atoms with Crippen molar-refractivity contribution in [1.29, 1.82) is 0 Å². The standard InChI is InChI=1S/C12H14/c1-2-4-8-7(3-1)9-5-11(9)12-6-10(8)12/h1-2,7-10H,3-6H2. The first kappa shape index (κ1) is 6.01. The Bertz CT molecular complexity index is 278. The van der Waals surface area contributed by atoms with Crippen molar-refractivity contribution < 1.29 is 0 Å². The molecule has 4 unspecified atom stereocenters. The van der Waals surface area contributed by atoms with Crippen LogP contribution >= 0.6 is 0 Å². The van der Waals surface area contributed by atoms with E-state index in [0.29, 0.717) is 0 Å². The van der Waals surface area contributed by atoms with Crippen LogP contribution in [0.3, 0.4) is 0 Å². The van der Waals surface area contributed by atoms with Crippen molar-refractivity contribution in [3.05, 3.63) is 23.3 Å². The van der Waals surface area contributed by atoms with Crippen molar-refractivity contribution in [3.8, 4) is 0 Å². The Labute approximate surface area is 73.4 Å². The summed E-state index contributed by atoms with van der Waals surface area (Å²) in [6.45, 7) is 0. The van der Waals surface area contributed by atoms with Crippen LogP contribution in [0.1, 0.15) is 25.7 Å². The molecular weight excluding hydrogens is 144 g/mol. The van der Waals surface area contributed by atoms with Crippen molar-refractivity contribution >= 4 is 0 Å². The summed E-state index contributed by atoms with van der Waals surface area (Å²) < 4.78 is 0. The van der Waals surface area contributed by atoms with E-state index in [1.54, 1.807) is 0 Å². The first-order valence-corrected chi connectivity index (χ1v) is 5.32. The maximum absolute atomic E-state index is 2.42. The van der Waals surface area contributed by atoms with Gasteiger partial charge in [-0.15, -0.1) is 0 Å². The molecule has 0 aromatic carbocycles. The second kappa shape index (κ2) is 1.71. The summed E-state index contributed by atoms with van der Waals surface area (Å²) in [5.74, 6) is 4.27. The Balaban J connectivity index is 1.80. The number of hydrogen-bond acceptors (Lipinski definition) is 0. The molecule has 0 nitrogen and oxygen atoms in total. The average molecular weight is 158 g/mol. The molecule has 12 heavy (non-hydrogen) atoms. The fourth-order valence-electron chi connectivity index (χ4n) is 3.70. The van der Waals surface area contributed by atoms with Crippen LogP contribution in [-0.2, 0) is 0 Å². The molecule has 0 spiro atoms. The van der Waals surface area contributed by atoms with Gasteiger partial charge >= 0.3 is 0 Å². The summed E-state index contributed by atoms with van der Waals surface area (Å²) in [5.41, 5.74) is 3.80. The van der Waals surface area contributed by atoms with E-state index in [-0.39, 0.29) is 0 Å². The zero-order valence-electron chi connectivity index (χ0n) is 7.29. The summed E-state index contributed by atoms with van der Waals surface area (Å²) in [6, 6.07) is 0. The van der Waals surface area contributed by atoms with Crippen molar-refractivity contribution in [2.45, 2.75) is 25.7 Å². The minimum atomic E-state index is 1.06. The molecule has 0 aliphatic heterocycles. The summed E-state index contributed by atoms with van der Waals surface area (Å²) in [7, 11) is 0. The highest BCUT2D eigenvalue weighted by Gasteiger charge is 2.56. The van der Waals surface area contributed by atoms with Gasteiger partial charge in [-0.05, 0) is 49.4 Å². The molecule has 0 aromatic heterocycles. The summed E-state index contributed by atoms with van der Waals surface area (Å²) >= 11 is 0. The van der Waals surface area contributed by atoms with Crippen molar-refractivity contribution in [3.63, 3.8) is 0 Å². The van der Waals surface area contributed by atoms with Gasteiger partial charge in [-0.3, -0.25) is 0 Å². The lowest BCUT2D eigenvalue weighted by molar-refractivity contribution is 0.261. The lowest BCUT2D eigenvalue weighted by Gasteiger charge is -2.30. The van der Waals surface area contributed by atoms with E-state index in [2.05, 4.69) is 12.2 Å². The van der Waals surface area contributed by atoms with E-state index in [4.69, 9.17) is 0 Å². The summed E-state index contributed by atoms with van der Waals surface area (Å²) in [5, 5.41) is 0. The molecular formula is C12H14. The van der Waals surface area contributed by atoms with Crippen LogP contribution in [0, 0.1) is 23.7 Å². The smallest absolute Gasteiger partial charge is 0.0128 e. The van der Waals surface area contributed by atoms with Crippen LogP contribution in [0.4, 0.5) is 0 Å². The Morgan fingerprint density at radius 2 is 1.33 bits per heavy atom. The summed E-state index contributed by atoms with van der Waals surface area (Å²) in [6.07, 6.45) is 10.6. The van der Waals surface area contributed by atoms with Crippen molar-refractivity contribution in [1.82, 2.24) is 0 Å². The van der Waals surface area contributed by atoms with Gasteiger partial charge in [-0.2, -0.15) is 0 Å². The van der Waals surface area contributed by atoms with Gasteiger partial charge in [0.1, 0.15) is 0 Å². The zero-order chi connectivity index (χ0) is 7.71. The molecule has 4 rings (SSSR count). The third kappa shape index (κ3) is 0.573. The number of allylic oxidation sites excluding steroid dienone is 4. The minimum absolute atomic E-state index is 1.06. The molecule has 0 saturated heterocycles. The zero-order valence-corrected chi connectivity index (χ0v) is 7.29. The lowest BCUT2D eigenvalue weighted by atomic mass is 9.75. The van der Waals surface area contributed by atoms with Crippen LogP contribution in [0.5, 0.6) is 0 Å². The van der Waals surface area contributed by atoms with Gasteiger partial charge in [0.15, 0.2) is 0 Å². The molecule has 4 atom stereocenters. The number of fused-ring (bicyclic) bond motifs is 5. The van der Waals surface area contributed by atoms with E-state index >= 15 is 0 Å². The van der Waals surface area contributed by atoms with Gasteiger partial charge in [-0.1, -0.05) is 23.3 Å². The fourth-order valence-corrected chi connectivity index (χ4v) is 3.70. The van der Waals surface area contributed by atoms with Gasteiger partial charge in [0.2, 0.25) is 0 Å². The molecule has 0 heterocycles. The van der Waals surface area contributed by atoms with Crippen LogP contribution in [-0.4, -0.2) is 0 Å². The van der Waals surface area contributed by atoms with Crippen molar-refractivity contribution in [2.24, 2.45) is 23.7 Å². The lowest BCUT2D eigenvalue weighted by Crippen LogP contribution is -2.22. The molecule has 2 fully saturated rings. The maximum Gasteiger partial charge on any atom is -0.0128 e. The van der Waals surface area contributed by atoms with E-state index in [0.717, 1.165) is 23.7 Å². The minimum Gasteiger partial charge on any atom is -0.0882 e. The molecule has 0 bridgehead atoms. The molecule has 4 aliphatic carbocycles. The SMILES string of the molecule is C1=CCC2C3CC3=C3CC3C2C1. The largest absolute Gasteiger partial charge is 0.0882 e. The second-order valence-corrected chi connectivity index (χ2v) is 4.94. The monoisotopic (exact) mass is 158 g/mol. The molecule has 2 saturated carbocycles. The fraction of sp³-hybridized carbons (Fsp3) is 0.667. The van der Waals surface area contributed by atoms with Crippen LogP contribution in [0.2, 0.25) is 0 Å².